The van der Waals surface area contributed by atoms with Crippen LogP contribution in [0.2, 0.25) is 0 Å². The Bertz CT molecular complexity index is 3400. The minimum absolute atomic E-state index is 0.568. The number of rotatable bonds is 10. The van der Waals surface area contributed by atoms with E-state index in [2.05, 4.69) is 120 Å². The molecule has 3 heterocycles. The summed E-state index contributed by atoms with van der Waals surface area (Å²) in [6, 6.07) is 76.3. The SMILES string of the molecule is c1ccc(-c2cccc(-c3nc(-c4ccccc4)nc(-c4ccccc4-c4cccc(-c5cccnc5)c4-c4cccc(-c5nc(-c6ccccc6)nc(-c6ccccc6)n5)c4)n3)c2)cc1. The van der Waals surface area contributed by atoms with Gasteiger partial charge in [0.2, 0.25) is 0 Å². The Kier molecular flexibility index (Phi) is 10.8. The Morgan fingerprint density at radius 3 is 1.11 bits per heavy atom. The fourth-order valence-corrected chi connectivity index (χ4v) is 8.33. The molecule has 0 aliphatic rings. The van der Waals surface area contributed by atoms with E-state index in [1.54, 1.807) is 6.20 Å². The lowest BCUT2D eigenvalue weighted by atomic mass is 9.86. The highest BCUT2D eigenvalue weighted by Crippen LogP contribution is 2.44. The van der Waals surface area contributed by atoms with Crippen molar-refractivity contribution in [3.05, 3.63) is 237 Å². The molecule has 0 atom stereocenters. The van der Waals surface area contributed by atoms with Crippen LogP contribution in [0.1, 0.15) is 0 Å². The largest absolute Gasteiger partial charge is 0.264 e. The van der Waals surface area contributed by atoms with E-state index in [1.807, 2.05) is 115 Å². The second-order valence-electron chi connectivity index (χ2n) is 15.8. The highest BCUT2D eigenvalue weighted by Gasteiger charge is 2.21. The Morgan fingerprint density at radius 2 is 0.576 bits per heavy atom. The van der Waals surface area contributed by atoms with Gasteiger partial charge in [0.05, 0.1) is 0 Å². The Labute approximate surface area is 383 Å². The van der Waals surface area contributed by atoms with E-state index < -0.39 is 0 Å². The minimum Gasteiger partial charge on any atom is -0.264 e. The molecular formula is C59H39N7. The van der Waals surface area contributed by atoms with Gasteiger partial charge in [0.25, 0.3) is 0 Å². The molecule has 0 bridgehead atoms. The highest BCUT2D eigenvalue weighted by atomic mass is 15.0. The quantitative estimate of drug-likeness (QED) is 0.135. The van der Waals surface area contributed by atoms with Gasteiger partial charge in [-0.05, 0) is 57.1 Å². The van der Waals surface area contributed by atoms with Gasteiger partial charge >= 0.3 is 0 Å². The van der Waals surface area contributed by atoms with Crippen LogP contribution in [0, 0.1) is 0 Å². The van der Waals surface area contributed by atoms with Gasteiger partial charge in [-0.1, -0.05) is 206 Å². The van der Waals surface area contributed by atoms with E-state index in [-0.39, 0.29) is 0 Å². The van der Waals surface area contributed by atoms with E-state index in [4.69, 9.17) is 29.9 Å². The maximum atomic E-state index is 5.27. The van der Waals surface area contributed by atoms with E-state index in [9.17, 15) is 0 Å². The summed E-state index contributed by atoms with van der Waals surface area (Å²) in [6.07, 6.45) is 3.72. The molecule has 66 heavy (non-hydrogen) atoms. The smallest absolute Gasteiger partial charge is 0.164 e. The van der Waals surface area contributed by atoms with Gasteiger partial charge in [-0.3, -0.25) is 4.98 Å². The summed E-state index contributed by atoms with van der Waals surface area (Å²) in [6.45, 7) is 0. The highest BCUT2D eigenvalue weighted by molar-refractivity contribution is 5.98. The molecule has 0 saturated heterocycles. The lowest BCUT2D eigenvalue weighted by Crippen LogP contribution is -2.02. The van der Waals surface area contributed by atoms with Crippen molar-refractivity contribution in [3.8, 4) is 113 Å². The third kappa shape index (κ3) is 8.16. The second kappa shape index (κ2) is 18.0. The molecule has 7 heteroatoms. The van der Waals surface area contributed by atoms with Crippen LogP contribution in [-0.2, 0) is 0 Å². The average molecular weight is 846 g/mol. The summed E-state index contributed by atoms with van der Waals surface area (Å²) in [5.41, 5.74) is 13.6. The molecule has 0 saturated carbocycles. The predicted molar refractivity (Wildman–Crippen MR) is 265 cm³/mol. The number of hydrogen-bond donors (Lipinski definition) is 0. The first-order valence-corrected chi connectivity index (χ1v) is 21.8. The summed E-state index contributed by atoms with van der Waals surface area (Å²) < 4.78 is 0. The molecule has 11 rings (SSSR count). The van der Waals surface area contributed by atoms with E-state index in [0.29, 0.717) is 34.9 Å². The first-order valence-electron chi connectivity index (χ1n) is 21.8. The summed E-state index contributed by atoms with van der Waals surface area (Å²) in [5, 5.41) is 0. The van der Waals surface area contributed by atoms with Gasteiger partial charge in [-0.15, -0.1) is 0 Å². The lowest BCUT2D eigenvalue weighted by molar-refractivity contribution is 1.07. The number of hydrogen-bond acceptors (Lipinski definition) is 7. The molecule has 310 valence electrons. The monoisotopic (exact) mass is 845 g/mol. The number of nitrogens with zero attached hydrogens (tertiary/aromatic N) is 7. The van der Waals surface area contributed by atoms with Gasteiger partial charge in [-0.2, -0.15) is 0 Å². The first-order chi connectivity index (χ1) is 32.7. The summed E-state index contributed by atoms with van der Waals surface area (Å²) in [7, 11) is 0. The van der Waals surface area contributed by atoms with Crippen molar-refractivity contribution < 1.29 is 0 Å². The summed E-state index contributed by atoms with van der Waals surface area (Å²) >= 11 is 0. The van der Waals surface area contributed by atoms with Crippen molar-refractivity contribution >= 4 is 0 Å². The molecule has 0 aliphatic heterocycles. The molecule has 7 nitrogen and oxygen atoms in total. The number of aromatic nitrogens is 7. The van der Waals surface area contributed by atoms with Crippen LogP contribution in [0.3, 0.4) is 0 Å². The third-order valence-electron chi connectivity index (χ3n) is 11.5. The predicted octanol–water partition coefficient (Wildman–Crippen LogP) is 14.1. The molecule has 3 aromatic heterocycles. The van der Waals surface area contributed by atoms with E-state index >= 15 is 0 Å². The van der Waals surface area contributed by atoms with Gasteiger partial charge in [-0.25, -0.2) is 29.9 Å². The molecular weight excluding hydrogens is 807 g/mol. The Balaban J connectivity index is 1.10. The van der Waals surface area contributed by atoms with Crippen molar-refractivity contribution in [1.29, 1.82) is 0 Å². The first kappa shape index (κ1) is 39.8. The zero-order valence-electron chi connectivity index (χ0n) is 35.6. The zero-order valence-corrected chi connectivity index (χ0v) is 35.6. The van der Waals surface area contributed by atoms with Crippen molar-refractivity contribution in [2.75, 3.05) is 0 Å². The molecule has 0 fully saturated rings. The van der Waals surface area contributed by atoms with Gasteiger partial charge in [0.15, 0.2) is 34.9 Å². The summed E-state index contributed by atoms with van der Waals surface area (Å²) in [5.74, 6) is 3.54. The van der Waals surface area contributed by atoms with Crippen LogP contribution in [0.25, 0.3) is 113 Å². The van der Waals surface area contributed by atoms with Crippen molar-refractivity contribution in [2.45, 2.75) is 0 Å². The van der Waals surface area contributed by atoms with Crippen molar-refractivity contribution in [1.82, 2.24) is 34.9 Å². The van der Waals surface area contributed by atoms with Crippen LogP contribution in [-0.4, -0.2) is 34.9 Å². The molecule has 0 N–H and O–H groups in total. The van der Waals surface area contributed by atoms with Crippen LogP contribution in [0.4, 0.5) is 0 Å². The Morgan fingerprint density at radius 1 is 0.212 bits per heavy atom. The van der Waals surface area contributed by atoms with Crippen LogP contribution in [0.15, 0.2) is 237 Å². The standard InChI is InChI=1S/C59H39N7/c1-5-19-40(20-6-1)44-27-15-29-46(37-44)58-64-56(43-25-11-4-12-26-43)65-59(66-58)52-33-14-13-32-50(52)51-35-17-34-49(48-31-18-36-60-39-48)53(51)45-28-16-30-47(38-45)57-62-54(41-21-7-2-8-22-41)61-55(63-57)42-23-9-3-10-24-42/h1-39H. The molecule has 0 spiro atoms. The molecule has 0 radical (unpaired) electrons. The molecule has 0 aliphatic carbocycles. The topological polar surface area (TPSA) is 90.2 Å². The maximum Gasteiger partial charge on any atom is 0.164 e. The van der Waals surface area contributed by atoms with Crippen molar-refractivity contribution in [3.63, 3.8) is 0 Å². The molecule has 8 aromatic carbocycles. The normalized spacial score (nSPS) is 11.0. The zero-order chi connectivity index (χ0) is 44.1. The van der Waals surface area contributed by atoms with E-state index in [1.165, 1.54) is 0 Å². The van der Waals surface area contributed by atoms with Crippen LogP contribution >= 0.6 is 0 Å². The fraction of sp³-hybridized carbons (Fsp3) is 0. The van der Waals surface area contributed by atoms with Gasteiger partial charge in [0.1, 0.15) is 0 Å². The average Bonchev–Trinajstić information content (AvgIpc) is 3.41. The van der Waals surface area contributed by atoms with E-state index in [0.717, 1.165) is 77.9 Å². The van der Waals surface area contributed by atoms with Gasteiger partial charge in [0, 0.05) is 51.3 Å². The molecule has 0 amide bonds. The van der Waals surface area contributed by atoms with Crippen molar-refractivity contribution in [2.24, 2.45) is 0 Å². The molecule has 11 aromatic rings. The minimum atomic E-state index is 0.568. The summed E-state index contributed by atoms with van der Waals surface area (Å²) in [4.78, 5) is 35.3. The number of pyridine rings is 1. The lowest BCUT2D eigenvalue weighted by Gasteiger charge is -2.19. The van der Waals surface area contributed by atoms with Crippen LogP contribution in [0.5, 0.6) is 0 Å². The molecule has 0 unspecified atom stereocenters. The maximum absolute atomic E-state index is 5.27. The van der Waals surface area contributed by atoms with Gasteiger partial charge < -0.3 is 0 Å². The Hall–Kier alpha value is -9.07. The fourth-order valence-electron chi connectivity index (χ4n) is 8.33. The third-order valence-corrected chi connectivity index (χ3v) is 11.5. The number of benzene rings is 8. The second-order valence-corrected chi connectivity index (χ2v) is 15.8. The van der Waals surface area contributed by atoms with Crippen LogP contribution < -0.4 is 0 Å².